The van der Waals surface area contributed by atoms with E-state index in [4.69, 9.17) is 16.3 Å². The van der Waals surface area contributed by atoms with E-state index in [9.17, 15) is 4.79 Å². The van der Waals surface area contributed by atoms with Gasteiger partial charge in [-0.3, -0.25) is 19.6 Å². The number of halogens is 1. The molecular formula is C29H35ClN4O2. The van der Waals surface area contributed by atoms with Crippen molar-refractivity contribution in [3.8, 4) is 5.75 Å². The van der Waals surface area contributed by atoms with Crippen LogP contribution in [0.2, 0.25) is 5.02 Å². The average molecular weight is 507 g/mol. The lowest BCUT2D eigenvalue weighted by Gasteiger charge is -2.38. The lowest BCUT2D eigenvalue weighted by Crippen LogP contribution is -2.45. The fourth-order valence-corrected chi connectivity index (χ4v) is 4.69. The van der Waals surface area contributed by atoms with E-state index in [1.807, 2.05) is 24.3 Å². The van der Waals surface area contributed by atoms with E-state index in [0.717, 1.165) is 42.5 Å². The molecular weight excluding hydrogens is 472 g/mol. The average Bonchev–Trinajstić information content (AvgIpc) is 2.85. The van der Waals surface area contributed by atoms with E-state index in [1.54, 1.807) is 24.5 Å². The third-order valence-corrected chi connectivity index (χ3v) is 6.93. The van der Waals surface area contributed by atoms with Crippen molar-refractivity contribution in [2.24, 2.45) is 5.92 Å². The van der Waals surface area contributed by atoms with Crippen molar-refractivity contribution in [1.29, 1.82) is 0 Å². The third kappa shape index (κ3) is 6.64. The van der Waals surface area contributed by atoms with Crippen molar-refractivity contribution in [2.75, 3.05) is 25.5 Å². The summed E-state index contributed by atoms with van der Waals surface area (Å²) in [6.45, 7) is 9.96. The zero-order chi connectivity index (χ0) is 25.7. The van der Waals surface area contributed by atoms with Crippen molar-refractivity contribution < 1.29 is 9.53 Å². The monoisotopic (exact) mass is 506 g/mol. The fraction of sp³-hybridized carbons (Fsp3) is 0.379. The predicted molar refractivity (Wildman–Crippen MR) is 146 cm³/mol. The number of nitrogens with zero attached hydrogens (tertiary/aromatic N) is 3. The molecule has 2 unspecified atom stereocenters. The van der Waals surface area contributed by atoms with Crippen LogP contribution in [0.25, 0.3) is 0 Å². The van der Waals surface area contributed by atoms with Gasteiger partial charge in [0.15, 0.2) is 0 Å². The number of benzene rings is 2. The number of aromatic nitrogens is 1. The molecule has 1 aliphatic heterocycles. The first-order valence-electron chi connectivity index (χ1n) is 12.5. The molecule has 2 heterocycles. The number of anilines is 1. The Kier molecular flexibility index (Phi) is 8.62. The molecule has 0 aliphatic carbocycles. The SMILES string of the molecule is CC1CN(C(C)C)Cc2cccc(NC(=O)c3ccncc3)c2OC1CN(C)Cc1ccc(Cl)cc1. The number of carbonyl (C=O) groups is 1. The Morgan fingerprint density at radius 2 is 1.89 bits per heavy atom. The van der Waals surface area contributed by atoms with E-state index in [2.05, 4.69) is 66.1 Å². The second-order valence-electron chi connectivity index (χ2n) is 9.96. The summed E-state index contributed by atoms with van der Waals surface area (Å²) in [7, 11) is 2.11. The molecule has 4 rings (SSSR count). The topological polar surface area (TPSA) is 57.7 Å². The molecule has 190 valence electrons. The normalized spacial score (nSPS) is 18.3. The summed E-state index contributed by atoms with van der Waals surface area (Å²) in [5, 5.41) is 3.82. The van der Waals surface area contributed by atoms with Crippen LogP contribution in [0.1, 0.15) is 42.3 Å². The van der Waals surface area contributed by atoms with Crippen LogP contribution >= 0.6 is 11.6 Å². The molecule has 1 amide bonds. The van der Waals surface area contributed by atoms with Crippen LogP contribution in [-0.2, 0) is 13.1 Å². The van der Waals surface area contributed by atoms with E-state index < -0.39 is 0 Å². The summed E-state index contributed by atoms with van der Waals surface area (Å²) in [6.07, 6.45) is 3.19. The van der Waals surface area contributed by atoms with Gasteiger partial charge in [-0.1, -0.05) is 42.8 Å². The van der Waals surface area contributed by atoms with Gasteiger partial charge < -0.3 is 10.1 Å². The summed E-state index contributed by atoms with van der Waals surface area (Å²) in [5.74, 6) is 0.862. The van der Waals surface area contributed by atoms with Gasteiger partial charge in [0, 0.05) is 66.7 Å². The number of hydrogen-bond acceptors (Lipinski definition) is 5. The number of amides is 1. The summed E-state index contributed by atoms with van der Waals surface area (Å²) in [5.41, 5.74) is 3.53. The number of carbonyl (C=O) groups excluding carboxylic acids is 1. The largest absolute Gasteiger partial charge is 0.486 e. The number of fused-ring (bicyclic) bond motifs is 1. The highest BCUT2D eigenvalue weighted by atomic mass is 35.5. The summed E-state index contributed by atoms with van der Waals surface area (Å²) in [4.78, 5) is 21.7. The fourth-order valence-electron chi connectivity index (χ4n) is 4.57. The Hall–Kier alpha value is -2.93. The van der Waals surface area contributed by atoms with Gasteiger partial charge in [-0.25, -0.2) is 0 Å². The Morgan fingerprint density at radius 1 is 1.17 bits per heavy atom. The van der Waals surface area contributed by atoms with E-state index in [1.165, 1.54) is 5.56 Å². The maximum atomic E-state index is 13.0. The van der Waals surface area contributed by atoms with Crippen molar-refractivity contribution >= 4 is 23.2 Å². The molecule has 3 aromatic rings. The van der Waals surface area contributed by atoms with Crippen molar-refractivity contribution in [3.05, 3.63) is 88.7 Å². The zero-order valence-electron chi connectivity index (χ0n) is 21.4. The van der Waals surface area contributed by atoms with Gasteiger partial charge in [0.1, 0.15) is 11.9 Å². The number of nitrogens with one attached hydrogen (secondary N) is 1. The van der Waals surface area contributed by atoms with Gasteiger partial charge in [0.05, 0.1) is 5.69 Å². The van der Waals surface area contributed by atoms with Gasteiger partial charge in [-0.2, -0.15) is 0 Å². The molecule has 36 heavy (non-hydrogen) atoms. The highest BCUT2D eigenvalue weighted by Gasteiger charge is 2.30. The Morgan fingerprint density at radius 3 is 2.58 bits per heavy atom. The molecule has 0 radical (unpaired) electrons. The Labute approximate surface area is 219 Å². The van der Waals surface area contributed by atoms with Crippen LogP contribution < -0.4 is 10.1 Å². The molecule has 6 nitrogen and oxygen atoms in total. The molecule has 1 aliphatic rings. The van der Waals surface area contributed by atoms with Crippen LogP contribution in [0.4, 0.5) is 5.69 Å². The zero-order valence-corrected chi connectivity index (χ0v) is 22.2. The third-order valence-electron chi connectivity index (χ3n) is 6.67. The molecule has 1 aromatic heterocycles. The first kappa shape index (κ1) is 26.1. The smallest absolute Gasteiger partial charge is 0.255 e. The number of likely N-dealkylation sites (N-methyl/N-ethyl adjacent to an activating group) is 1. The molecule has 0 saturated carbocycles. The van der Waals surface area contributed by atoms with E-state index in [-0.39, 0.29) is 17.9 Å². The first-order valence-corrected chi connectivity index (χ1v) is 12.8. The molecule has 2 aromatic carbocycles. The summed E-state index contributed by atoms with van der Waals surface area (Å²) in [6, 6.07) is 17.8. The standard InChI is InChI=1S/C29H35ClN4O2/c1-20(2)34-16-21(3)27(19-33(4)17-22-8-10-25(30)11-9-22)36-28-24(18-34)6-5-7-26(28)32-29(35)23-12-14-31-15-13-23/h5-15,20-21,27H,16-19H2,1-4H3,(H,32,35). The predicted octanol–water partition coefficient (Wildman–Crippen LogP) is 5.73. The van der Waals surface area contributed by atoms with Gasteiger partial charge >= 0.3 is 0 Å². The Balaban J connectivity index is 1.60. The molecule has 2 atom stereocenters. The minimum Gasteiger partial charge on any atom is -0.486 e. The van der Waals surface area contributed by atoms with Crippen LogP contribution in [0, 0.1) is 5.92 Å². The van der Waals surface area contributed by atoms with Crippen LogP contribution in [0.15, 0.2) is 67.0 Å². The van der Waals surface area contributed by atoms with Gasteiger partial charge in [-0.05, 0) is 56.8 Å². The van der Waals surface area contributed by atoms with Crippen LogP contribution in [-0.4, -0.2) is 53.0 Å². The van der Waals surface area contributed by atoms with Gasteiger partial charge in [0.25, 0.3) is 5.91 Å². The summed E-state index contributed by atoms with van der Waals surface area (Å²) < 4.78 is 6.76. The van der Waals surface area contributed by atoms with Crippen molar-refractivity contribution in [1.82, 2.24) is 14.8 Å². The minimum atomic E-state index is -0.179. The van der Waals surface area contributed by atoms with E-state index >= 15 is 0 Å². The van der Waals surface area contributed by atoms with Crippen LogP contribution in [0.3, 0.4) is 0 Å². The molecule has 1 N–H and O–H groups in total. The second kappa shape index (κ2) is 11.9. The number of hydrogen-bond donors (Lipinski definition) is 1. The first-order chi connectivity index (χ1) is 17.3. The second-order valence-corrected chi connectivity index (χ2v) is 10.4. The van der Waals surface area contributed by atoms with Crippen molar-refractivity contribution in [3.63, 3.8) is 0 Å². The molecule has 0 bridgehead atoms. The number of ether oxygens (including phenoxy) is 1. The quantitative estimate of drug-likeness (QED) is 0.443. The lowest BCUT2D eigenvalue weighted by atomic mass is 9.99. The lowest BCUT2D eigenvalue weighted by molar-refractivity contribution is 0.0548. The van der Waals surface area contributed by atoms with Gasteiger partial charge in [-0.15, -0.1) is 0 Å². The molecule has 0 saturated heterocycles. The maximum Gasteiger partial charge on any atom is 0.255 e. The van der Waals surface area contributed by atoms with Crippen LogP contribution in [0.5, 0.6) is 5.75 Å². The van der Waals surface area contributed by atoms with Crippen molar-refractivity contribution in [2.45, 2.75) is 46.0 Å². The maximum absolute atomic E-state index is 13.0. The number of rotatable bonds is 7. The minimum absolute atomic E-state index is 0.0541. The number of pyridine rings is 1. The highest BCUT2D eigenvalue weighted by Crippen LogP contribution is 2.35. The molecule has 0 fully saturated rings. The van der Waals surface area contributed by atoms with E-state index in [0.29, 0.717) is 17.3 Å². The van der Waals surface area contributed by atoms with Gasteiger partial charge in [0.2, 0.25) is 0 Å². The Bertz CT molecular complexity index is 1150. The molecule has 0 spiro atoms. The highest BCUT2D eigenvalue weighted by molar-refractivity contribution is 6.30. The number of para-hydroxylation sites is 1. The summed E-state index contributed by atoms with van der Waals surface area (Å²) >= 11 is 6.06. The molecule has 7 heteroatoms.